The number of nitrogens with one attached hydrogen (secondary N) is 1. The number of phenolic OH excluding ortho intramolecular Hbond substituents is 2. The van der Waals surface area contributed by atoms with Gasteiger partial charge in [0.1, 0.15) is 17.1 Å². The van der Waals surface area contributed by atoms with Crippen LogP contribution in [0.25, 0.3) is 0 Å². The van der Waals surface area contributed by atoms with Crippen molar-refractivity contribution >= 4 is 5.91 Å². The van der Waals surface area contributed by atoms with E-state index in [-0.39, 0.29) is 23.0 Å². The van der Waals surface area contributed by atoms with E-state index in [1.165, 1.54) is 31.0 Å². The summed E-state index contributed by atoms with van der Waals surface area (Å²) >= 11 is 0. The maximum absolute atomic E-state index is 12.5. The Morgan fingerprint density at radius 2 is 1.81 bits per heavy atom. The van der Waals surface area contributed by atoms with Crippen molar-refractivity contribution in [2.24, 2.45) is 5.92 Å². The Labute approximate surface area is 124 Å². The number of piperidine rings is 1. The number of phenols is 2. The van der Waals surface area contributed by atoms with Crippen LogP contribution in [0.5, 0.6) is 11.5 Å². The highest BCUT2D eigenvalue weighted by Crippen LogP contribution is 2.31. The molecule has 2 saturated heterocycles. The first-order valence-corrected chi connectivity index (χ1v) is 7.70. The van der Waals surface area contributed by atoms with E-state index in [1.54, 1.807) is 4.90 Å². The zero-order valence-electron chi connectivity index (χ0n) is 12.1. The number of rotatable bonds is 2. The number of amides is 1. The molecule has 0 saturated carbocycles. The number of hydrogen-bond acceptors (Lipinski definition) is 4. The maximum atomic E-state index is 12.5. The van der Waals surface area contributed by atoms with Crippen molar-refractivity contribution in [3.63, 3.8) is 0 Å². The monoisotopic (exact) mass is 290 g/mol. The molecule has 21 heavy (non-hydrogen) atoms. The molecule has 1 unspecified atom stereocenters. The van der Waals surface area contributed by atoms with Gasteiger partial charge in [0.05, 0.1) is 0 Å². The predicted molar refractivity (Wildman–Crippen MR) is 79.4 cm³/mol. The van der Waals surface area contributed by atoms with Crippen molar-refractivity contribution in [2.45, 2.75) is 31.7 Å². The van der Waals surface area contributed by atoms with Crippen LogP contribution in [-0.2, 0) is 0 Å². The second-order valence-electron chi connectivity index (χ2n) is 6.00. The fraction of sp³-hybridized carbons (Fsp3) is 0.562. The summed E-state index contributed by atoms with van der Waals surface area (Å²) in [5, 5.41) is 23.1. The molecule has 2 aliphatic rings. The zero-order valence-corrected chi connectivity index (χ0v) is 12.1. The van der Waals surface area contributed by atoms with Crippen LogP contribution in [0.1, 0.15) is 36.0 Å². The topological polar surface area (TPSA) is 72.8 Å². The minimum absolute atomic E-state index is 0.0231. The second-order valence-corrected chi connectivity index (χ2v) is 6.00. The van der Waals surface area contributed by atoms with E-state index >= 15 is 0 Å². The molecule has 5 heteroatoms. The van der Waals surface area contributed by atoms with Gasteiger partial charge in [-0.15, -0.1) is 0 Å². The first-order chi connectivity index (χ1) is 10.2. The molecule has 1 aromatic rings. The Morgan fingerprint density at radius 1 is 1.14 bits per heavy atom. The molecule has 0 spiro atoms. The average molecular weight is 290 g/mol. The largest absolute Gasteiger partial charge is 0.507 e. The van der Waals surface area contributed by atoms with Gasteiger partial charge in [0.15, 0.2) is 0 Å². The zero-order chi connectivity index (χ0) is 14.8. The van der Waals surface area contributed by atoms with Gasteiger partial charge in [-0.2, -0.15) is 0 Å². The Balaban J connectivity index is 1.65. The normalized spacial score (nSPS) is 23.4. The standard InChI is InChI=1S/C16H22N2O3/c19-13-4-1-5-14(20)15(13)16(21)18-9-6-11(7-10-18)12-3-2-8-17-12/h1,4-5,11-12,17,19-20H,2-3,6-10H2. The molecule has 5 nitrogen and oxygen atoms in total. The Morgan fingerprint density at radius 3 is 2.38 bits per heavy atom. The van der Waals surface area contributed by atoms with E-state index in [9.17, 15) is 15.0 Å². The van der Waals surface area contributed by atoms with Crippen LogP contribution in [0, 0.1) is 5.92 Å². The van der Waals surface area contributed by atoms with E-state index in [0.29, 0.717) is 25.0 Å². The van der Waals surface area contributed by atoms with E-state index in [2.05, 4.69) is 5.32 Å². The molecule has 2 fully saturated rings. The lowest BCUT2D eigenvalue weighted by molar-refractivity contribution is 0.0668. The van der Waals surface area contributed by atoms with Crippen LogP contribution < -0.4 is 5.32 Å². The Kier molecular flexibility index (Phi) is 4.01. The summed E-state index contributed by atoms with van der Waals surface area (Å²) in [5.74, 6) is 0.0529. The lowest BCUT2D eigenvalue weighted by Gasteiger charge is -2.35. The minimum atomic E-state index is -0.275. The summed E-state index contributed by atoms with van der Waals surface area (Å²) in [6.45, 7) is 2.49. The van der Waals surface area contributed by atoms with Gasteiger partial charge in [-0.25, -0.2) is 0 Å². The third kappa shape index (κ3) is 2.83. The van der Waals surface area contributed by atoms with E-state index in [0.717, 1.165) is 19.4 Å². The first kappa shape index (κ1) is 14.2. The average Bonchev–Trinajstić information content (AvgIpc) is 3.01. The summed E-state index contributed by atoms with van der Waals surface area (Å²) in [7, 11) is 0. The molecule has 1 aromatic carbocycles. The summed E-state index contributed by atoms with van der Waals surface area (Å²) in [6.07, 6.45) is 4.45. The smallest absolute Gasteiger partial charge is 0.261 e. The van der Waals surface area contributed by atoms with Crippen LogP contribution in [0.3, 0.4) is 0 Å². The maximum Gasteiger partial charge on any atom is 0.261 e. The number of benzene rings is 1. The van der Waals surface area contributed by atoms with E-state index in [1.807, 2.05) is 0 Å². The molecule has 0 bridgehead atoms. The van der Waals surface area contributed by atoms with Gasteiger partial charge >= 0.3 is 0 Å². The van der Waals surface area contributed by atoms with Crippen molar-refractivity contribution in [1.82, 2.24) is 10.2 Å². The molecule has 3 N–H and O–H groups in total. The van der Waals surface area contributed by atoms with Gasteiger partial charge in [0.2, 0.25) is 0 Å². The van der Waals surface area contributed by atoms with Gasteiger partial charge in [-0.1, -0.05) is 6.07 Å². The third-order valence-electron chi connectivity index (χ3n) is 4.73. The number of carbonyl (C=O) groups excluding carboxylic acids is 1. The van der Waals surface area contributed by atoms with Crippen LogP contribution in [0.15, 0.2) is 18.2 Å². The number of aromatic hydroxyl groups is 2. The fourth-order valence-electron chi connectivity index (χ4n) is 3.52. The Bertz CT molecular complexity index is 498. The van der Waals surface area contributed by atoms with Gasteiger partial charge in [-0.3, -0.25) is 4.79 Å². The minimum Gasteiger partial charge on any atom is -0.507 e. The summed E-state index contributed by atoms with van der Waals surface area (Å²) in [4.78, 5) is 14.2. The first-order valence-electron chi connectivity index (χ1n) is 7.70. The van der Waals surface area contributed by atoms with Crippen molar-refractivity contribution in [3.05, 3.63) is 23.8 Å². The molecular weight excluding hydrogens is 268 g/mol. The number of hydrogen-bond donors (Lipinski definition) is 3. The fourth-order valence-corrected chi connectivity index (χ4v) is 3.52. The third-order valence-corrected chi connectivity index (χ3v) is 4.73. The number of likely N-dealkylation sites (tertiary alicyclic amines) is 1. The molecule has 1 atom stereocenters. The number of carbonyl (C=O) groups is 1. The Hall–Kier alpha value is -1.75. The summed E-state index contributed by atoms with van der Waals surface area (Å²) in [5.41, 5.74) is 0.0231. The molecule has 0 aliphatic carbocycles. The van der Waals surface area contributed by atoms with Crippen LogP contribution in [0.2, 0.25) is 0 Å². The van der Waals surface area contributed by atoms with Crippen LogP contribution in [-0.4, -0.2) is 46.7 Å². The molecule has 3 rings (SSSR count). The SMILES string of the molecule is O=C(c1c(O)cccc1O)N1CCC(C2CCCN2)CC1. The molecule has 2 heterocycles. The van der Waals surface area contributed by atoms with Crippen molar-refractivity contribution in [1.29, 1.82) is 0 Å². The van der Waals surface area contributed by atoms with Gasteiger partial charge < -0.3 is 20.4 Å². The predicted octanol–water partition coefficient (Wildman–Crippen LogP) is 1.70. The molecule has 0 aromatic heterocycles. The lowest BCUT2D eigenvalue weighted by Crippen LogP contribution is -2.43. The van der Waals surface area contributed by atoms with Crippen molar-refractivity contribution in [2.75, 3.05) is 19.6 Å². The van der Waals surface area contributed by atoms with Gasteiger partial charge in [-0.05, 0) is 50.3 Å². The van der Waals surface area contributed by atoms with Gasteiger partial charge in [0.25, 0.3) is 5.91 Å². The molecular formula is C16H22N2O3. The molecule has 2 aliphatic heterocycles. The van der Waals surface area contributed by atoms with Crippen molar-refractivity contribution in [3.8, 4) is 11.5 Å². The highest BCUT2D eigenvalue weighted by molar-refractivity contribution is 5.99. The second kappa shape index (κ2) is 5.93. The highest BCUT2D eigenvalue weighted by Gasteiger charge is 2.31. The highest BCUT2D eigenvalue weighted by atomic mass is 16.3. The quantitative estimate of drug-likeness (QED) is 0.775. The summed E-state index contributed by atoms with van der Waals surface area (Å²) in [6, 6.07) is 4.99. The van der Waals surface area contributed by atoms with Crippen molar-refractivity contribution < 1.29 is 15.0 Å². The molecule has 114 valence electrons. The van der Waals surface area contributed by atoms with E-state index in [4.69, 9.17) is 0 Å². The lowest BCUT2D eigenvalue weighted by atomic mass is 9.88. The molecule has 1 amide bonds. The van der Waals surface area contributed by atoms with Crippen LogP contribution in [0.4, 0.5) is 0 Å². The molecule has 0 radical (unpaired) electrons. The van der Waals surface area contributed by atoms with Crippen LogP contribution >= 0.6 is 0 Å². The van der Waals surface area contributed by atoms with E-state index < -0.39 is 0 Å². The summed E-state index contributed by atoms with van der Waals surface area (Å²) < 4.78 is 0. The van der Waals surface area contributed by atoms with Gasteiger partial charge in [0, 0.05) is 19.1 Å². The number of nitrogens with zero attached hydrogens (tertiary/aromatic N) is 1.